The normalized spacial score (nSPS) is 17.1. The topological polar surface area (TPSA) is 122 Å². The predicted molar refractivity (Wildman–Crippen MR) is 133 cm³/mol. The van der Waals surface area contributed by atoms with Crippen LogP contribution in [0.3, 0.4) is 0 Å². The fourth-order valence-corrected chi connectivity index (χ4v) is 6.78. The first-order valence-corrected chi connectivity index (χ1v) is 13.1. The lowest BCUT2D eigenvalue weighted by molar-refractivity contribution is 0.0730. The van der Waals surface area contributed by atoms with E-state index in [0.29, 0.717) is 61.4 Å². The highest BCUT2D eigenvalue weighted by molar-refractivity contribution is 7.89. The van der Waals surface area contributed by atoms with Crippen LogP contribution < -0.4 is 11.1 Å². The molecule has 2 aliphatic rings. The van der Waals surface area contributed by atoms with Crippen molar-refractivity contribution in [2.45, 2.75) is 37.8 Å². The Balaban J connectivity index is 0.00000324. The van der Waals surface area contributed by atoms with Gasteiger partial charge in [-0.3, -0.25) is 14.5 Å². The molecule has 0 unspecified atom stereocenters. The molecule has 1 fully saturated rings. The molecule has 0 atom stereocenters. The molecule has 186 valence electrons. The molecule has 1 saturated heterocycles. The van der Waals surface area contributed by atoms with Gasteiger partial charge in [-0.2, -0.15) is 4.31 Å². The van der Waals surface area contributed by atoms with Crippen molar-refractivity contribution in [3.63, 3.8) is 0 Å². The highest BCUT2D eigenvalue weighted by atomic mass is 35.5. The minimum Gasteiger partial charge on any atom is -0.379 e. The summed E-state index contributed by atoms with van der Waals surface area (Å²) in [5, 5.41) is 3.25. The number of hydrogen-bond acceptors (Lipinski definition) is 7. The van der Waals surface area contributed by atoms with Crippen LogP contribution in [0.25, 0.3) is 0 Å². The van der Waals surface area contributed by atoms with Gasteiger partial charge in [-0.05, 0) is 50.1 Å². The minimum absolute atomic E-state index is 0. The van der Waals surface area contributed by atoms with Crippen molar-refractivity contribution >= 4 is 50.6 Å². The summed E-state index contributed by atoms with van der Waals surface area (Å²) in [5.74, 6) is -0.986. The van der Waals surface area contributed by atoms with Crippen molar-refractivity contribution in [3.8, 4) is 0 Å². The van der Waals surface area contributed by atoms with Gasteiger partial charge >= 0.3 is 0 Å². The number of anilines is 1. The predicted octanol–water partition coefficient (Wildman–Crippen LogP) is 2.31. The van der Waals surface area contributed by atoms with Gasteiger partial charge in [-0.1, -0.05) is 0 Å². The van der Waals surface area contributed by atoms with Crippen molar-refractivity contribution in [1.82, 2.24) is 9.21 Å². The molecule has 4 rings (SSSR count). The molecule has 0 aliphatic carbocycles. The van der Waals surface area contributed by atoms with E-state index >= 15 is 0 Å². The first kappa shape index (κ1) is 26.6. The average Bonchev–Trinajstić information content (AvgIpc) is 3.16. The number of amides is 2. The number of primary amides is 1. The second-order valence-electron chi connectivity index (χ2n) is 8.38. The number of nitrogens with zero attached hydrogens (tertiary/aromatic N) is 2. The van der Waals surface area contributed by atoms with E-state index in [9.17, 15) is 18.0 Å². The zero-order valence-corrected chi connectivity index (χ0v) is 21.5. The molecule has 1 aromatic carbocycles. The largest absolute Gasteiger partial charge is 0.379 e. The van der Waals surface area contributed by atoms with Crippen LogP contribution in [0.1, 0.15) is 45.0 Å². The molecule has 9 nitrogen and oxygen atoms in total. The maximum atomic E-state index is 12.9. The zero-order chi connectivity index (χ0) is 23.8. The van der Waals surface area contributed by atoms with Gasteiger partial charge < -0.3 is 15.8 Å². The third kappa shape index (κ3) is 5.29. The SMILES string of the molecule is CC(C)N1CCc2c(sc(NC(=O)c3ccc(S(=O)(=O)N4CCOCC4)cc3)c2C(N)=O)C1.Cl. The van der Waals surface area contributed by atoms with E-state index in [-0.39, 0.29) is 17.3 Å². The minimum atomic E-state index is -3.64. The van der Waals surface area contributed by atoms with Gasteiger partial charge in [0, 0.05) is 42.7 Å². The highest BCUT2D eigenvalue weighted by Crippen LogP contribution is 2.37. The molecule has 2 aliphatic heterocycles. The maximum absolute atomic E-state index is 12.9. The third-order valence-corrected chi connectivity index (χ3v) is 9.06. The van der Waals surface area contributed by atoms with Crippen molar-refractivity contribution in [2.75, 3.05) is 38.2 Å². The quantitative estimate of drug-likeness (QED) is 0.593. The molecule has 0 bridgehead atoms. The first-order chi connectivity index (χ1) is 15.7. The number of carbonyl (C=O) groups is 2. The lowest BCUT2D eigenvalue weighted by Crippen LogP contribution is -2.40. The zero-order valence-electron chi connectivity index (χ0n) is 19.1. The Kier molecular flexibility index (Phi) is 8.38. The van der Waals surface area contributed by atoms with Crippen molar-refractivity contribution in [3.05, 3.63) is 45.8 Å². The molecule has 1 aromatic heterocycles. The number of nitrogens with two attached hydrogens (primary N) is 1. The molecule has 34 heavy (non-hydrogen) atoms. The third-order valence-electron chi connectivity index (χ3n) is 6.01. The van der Waals surface area contributed by atoms with E-state index in [1.54, 1.807) is 0 Å². The van der Waals surface area contributed by atoms with Gasteiger partial charge in [-0.25, -0.2) is 8.42 Å². The van der Waals surface area contributed by atoms with E-state index in [1.807, 2.05) is 0 Å². The summed E-state index contributed by atoms with van der Waals surface area (Å²) >= 11 is 1.37. The van der Waals surface area contributed by atoms with Crippen LogP contribution in [-0.2, 0) is 27.7 Å². The summed E-state index contributed by atoms with van der Waals surface area (Å²) in [7, 11) is -3.64. The monoisotopic (exact) mass is 528 g/mol. The molecular weight excluding hydrogens is 500 g/mol. The first-order valence-electron chi connectivity index (χ1n) is 10.9. The number of thiophene rings is 1. The summed E-state index contributed by atoms with van der Waals surface area (Å²) < 4.78 is 32.2. The molecular formula is C22H29ClN4O5S2. The number of nitrogens with one attached hydrogen (secondary N) is 1. The number of sulfonamides is 1. The fraction of sp³-hybridized carbons (Fsp3) is 0.455. The Morgan fingerprint density at radius 2 is 1.76 bits per heavy atom. The number of carbonyl (C=O) groups excluding carboxylic acids is 2. The smallest absolute Gasteiger partial charge is 0.256 e. The van der Waals surface area contributed by atoms with Crippen LogP contribution in [0, 0.1) is 0 Å². The average molecular weight is 529 g/mol. The van der Waals surface area contributed by atoms with Crippen LogP contribution in [0.2, 0.25) is 0 Å². The summed E-state index contributed by atoms with van der Waals surface area (Å²) in [5.41, 5.74) is 7.23. The molecule has 2 aromatic rings. The lowest BCUT2D eigenvalue weighted by atomic mass is 10.0. The van der Waals surface area contributed by atoms with E-state index < -0.39 is 21.8 Å². The number of morpholine rings is 1. The molecule has 3 heterocycles. The van der Waals surface area contributed by atoms with E-state index in [0.717, 1.165) is 17.0 Å². The fourth-order valence-electron chi connectivity index (χ4n) is 4.10. The number of hydrogen-bond donors (Lipinski definition) is 2. The van der Waals surface area contributed by atoms with Gasteiger partial charge in [0.2, 0.25) is 10.0 Å². The maximum Gasteiger partial charge on any atom is 0.256 e. The number of fused-ring (bicyclic) bond motifs is 1. The van der Waals surface area contributed by atoms with E-state index in [1.165, 1.54) is 39.9 Å². The standard InChI is InChI=1S/C22H28N4O5S2.ClH/c1-14(2)25-8-7-17-18(13-25)32-22(19(17)20(23)27)24-21(28)15-3-5-16(6-4-15)33(29,30)26-9-11-31-12-10-26;/h3-6,14H,7-13H2,1-2H3,(H2,23,27)(H,24,28);1H. The number of halogens is 1. The van der Waals surface area contributed by atoms with Crippen molar-refractivity contribution in [1.29, 1.82) is 0 Å². The van der Waals surface area contributed by atoms with Crippen molar-refractivity contribution in [2.24, 2.45) is 5.73 Å². The Morgan fingerprint density at radius 3 is 2.35 bits per heavy atom. The Hall–Kier alpha value is -2.02. The molecule has 2 amide bonds. The summed E-state index contributed by atoms with van der Waals surface area (Å²) in [6.45, 7) is 7.12. The van der Waals surface area contributed by atoms with Crippen LogP contribution in [0.15, 0.2) is 29.2 Å². The number of rotatable bonds is 6. The van der Waals surface area contributed by atoms with E-state index in [4.69, 9.17) is 10.5 Å². The second-order valence-corrected chi connectivity index (χ2v) is 11.4. The van der Waals surface area contributed by atoms with Crippen LogP contribution in [0.5, 0.6) is 0 Å². The summed E-state index contributed by atoms with van der Waals surface area (Å²) in [6, 6.07) is 6.17. The van der Waals surface area contributed by atoms with Crippen LogP contribution in [-0.4, -0.2) is 68.3 Å². The molecule has 0 saturated carbocycles. The van der Waals surface area contributed by atoms with Crippen LogP contribution >= 0.6 is 23.7 Å². The number of benzene rings is 1. The Morgan fingerprint density at radius 1 is 1.12 bits per heavy atom. The molecule has 0 radical (unpaired) electrons. The van der Waals surface area contributed by atoms with Crippen molar-refractivity contribution < 1.29 is 22.7 Å². The van der Waals surface area contributed by atoms with E-state index in [2.05, 4.69) is 24.1 Å². The lowest BCUT2D eigenvalue weighted by Gasteiger charge is -2.30. The summed E-state index contributed by atoms with van der Waals surface area (Å²) in [4.78, 5) is 28.5. The Bertz CT molecular complexity index is 1160. The van der Waals surface area contributed by atoms with Gasteiger partial charge in [0.05, 0.1) is 23.7 Å². The second kappa shape index (κ2) is 10.7. The number of ether oxygens (including phenoxy) is 1. The molecule has 0 spiro atoms. The van der Waals surface area contributed by atoms with Gasteiger partial charge in [0.25, 0.3) is 11.8 Å². The van der Waals surface area contributed by atoms with Crippen LogP contribution in [0.4, 0.5) is 5.00 Å². The highest BCUT2D eigenvalue weighted by Gasteiger charge is 2.29. The Labute approximate surface area is 209 Å². The molecule has 12 heteroatoms. The van der Waals surface area contributed by atoms with Gasteiger partial charge in [-0.15, -0.1) is 23.7 Å². The van der Waals surface area contributed by atoms with Gasteiger partial charge in [0.15, 0.2) is 0 Å². The summed E-state index contributed by atoms with van der Waals surface area (Å²) in [6.07, 6.45) is 0.701. The molecule has 3 N–H and O–H groups in total. The van der Waals surface area contributed by atoms with Gasteiger partial charge in [0.1, 0.15) is 5.00 Å².